The average molecular weight is 201 g/mol. The zero-order chi connectivity index (χ0) is 10.5. The predicted octanol–water partition coefficient (Wildman–Crippen LogP) is 3.35. The Balaban J connectivity index is 4.22. The highest BCUT2D eigenvalue weighted by Crippen LogP contribution is 2.32. The molecule has 1 atom stereocenters. The second kappa shape index (κ2) is 5.16. The summed E-state index contributed by atoms with van der Waals surface area (Å²) < 4.78 is 0. The fourth-order valence-corrected chi connectivity index (χ4v) is 5.41. The maximum Gasteiger partial charge on any atom is 0.0448 e. The predicted molar refractivity (Wildman–Crippen MR) is 65.1 cm³/mol. The first-order valence-corrected chi connectivity index (χ1v) is 9.18. The summed E-state index contributed by atoms with van der Waals surface area (Å²) in [5, 5.41) is 3.34. The van der Waals surface area contributed by atoms with Crippen LogP contribution in [0.2, 0.25) is 25.7 Å². The number of nitrogens with one attached hydrogen (secondary N) is 1. The highest BCUT2D eigenvalue weighted by Gasteiger charge is 2.29. The van der Waals surface area contributed by atoms with Crippen molar-refractivity contribution in [1.82, 2.24) is 5.32 Å². The maximum atomic E-state index is 3.34. The van der Waals surface area contributed by atoms with E-state index in [0.29, 0.717) is 5.41 Å². The van der Waals surface area contributed by atoms with Crippen molar-refractivity contribution < 1.29 is 0 Å². The summed E-state index contributed by atoms with van der Waals surface area (Å²) in [5.41, 5.74) is 0.536. The summed E-state index contributed by atoms with van der Waals surface area (Å²) in [6.45, 7) is 13.3. The normalized spacial score (nSPS) is 17.1. The second-order valence-corrected chi connectivity index (χ2v) is 11.3. The molecule has 0 bridgehead atoms. The van der Waals surface area contributed by atoms with Crippen LogP contribution in [-0.2, 0) is 0 Å². The Morgan fingerprint density at radius 3 is 2.08 bits per heavy atom. The number of hydrogen-bond donors (Lipinski definition) is 1. The van der Waals surface area contributed by atoms with E-state index in [0.717, 1.165) is 0 Å². The lowest BCUT2D eigenvalue weighted by molar-refractivity contribution is 0.316. The van der Waals surface area contributed by atoms with E-state index in [1.165, 1.54) is 25.4 Å². The van der Waals surface area contributed by atoms with Crippen LogP contribution in [0.15, 0.2) is 0 Å². The van der Waals surface area contributed by atoms with Crippen LogP contribution in [0.1, 0.15) is 26.7 Å². The van der Waals surface area contributed by atoms with Gasteiger partial charge in [0.1, 0.15) is 0 Å². The Morgan fingerprint density at radius 1 is 1.23 bits per heavy atom. The van der Waals surface area contributed by atoms with E-state index < -0.39 is 8.07 Å². The standard InChI is InChI=1S/C11H27NSi/c1-7-8-11(2,9-12-3)10-13(4,5)6/h12H,7-10H2,1-6H3. The molecular formula is C11H27NSi. The van der Waals surface area contributed by atoms with Gasteiger partial charge in [-0.15, -0.1) is 0 Å². The molecule has 0 aromatic rings. The molecule has 0 aromatic heterocycles. The molecule has 0 spiro atoms. The van der Waals surface area contributed by atoms with Gasteiger partial charge in [0.15, 0.2) is 0 Å². The molecule has 2 heteroatoms. The van der Waals surface area contributed by atoms with Gasteiger partial charge in [0.25, 0.3) is 0 Å². The van der Waals surface area contributed by atoms with Crippen molar-refractivity contribution in [3.63, 3.8) is 0 Å². The summed E-state index contributed by atoms with van der Waals surface area (Å²) in [4.78, 5) is 0. The van der Waals surface area contributed by atoms with Gasteiger partial charge in [-0.25, -0.2) is 0 Å². The highest BCUT2D eigenvalue weighted by atomic mass is 28.3. The summed E-state index contributed by atoms with van der Waals surface area (Å²) in [5.74, 6) is 0. The van der Waals surface area contributed by atoms with Crippen molar-refractivity contribution in [1.29, 1.82) is 0 Å². The van der Waals surface area contributed by atoms with Crippen LogP contribution in [-0.4, -0.2) is 21.7 Å². The van der Waals surface area contributed by atoms with Crippen LogP contribution in [0.4, 0.5) is 0 Å². The highest BCUT2D eigenvalue weighted by molar-refractivity contribution is 6.76. The SMILES string of the molecule is CCCC(C)(CNC)C[Si](C)(C)C. The molecule has 0 aliphatic heterocycles. The second-order valence-electron chi connectivity index (χ2n) is 5.83. The molecule has 1 unspecified atom stereocenters. The molecule has 0 rings (SSSR count). The maximum absolute atomic E-state index is 3.34. The fraction of sp³-hybridized carbons (Fsp3) is 1.00. The lowest BCUT2D eigenvalue weighted by Crippen LogP contribution is -2.37. The molecular weight excluding hydrogens is 174 g/mol. The first kappa shape index (κ1) is 13.2. The Hall–Kier alpha value is 0.177. The molecule has 1 nitrogen and oxygen atoms in total. The van der Waals surface area contributed by atoms with E-state index in [1.54, 1.807) is 0 Å². The van der Waals surface area contributed by atoms with Crippen molar-refractivity contribution in [2.24, 2.45) is 5.41 Å². The van der Waals surface area contributed by atoms with Gasteiger partial charge in [0, 0.05) is 8.07 Å². The van der Waals surface area contributed by atoms with Gasteiger partial charge in [-0.3, -0.25) is 0 Å². The van der Waals surface area contributed by atoms with Gasteiger partial charge in [0.05, 0.1) is 0 Å². The molecule has 80 valence electrons. The Kier molecular flexibility index (Phi) is 5.23. The first-order chi connectivity index (χ1) is 5.83. The summed E-state index contributed by atoms with van der Waals surface area (Å²) in [6, 6.07) is 1.44. The third-order valence-electron chi connectivity index (χ3n) is 2.41. The summed E-state index contributed by atoms with van der Waals surface area (Å²) in [6.07, 6.45) is 2.67. The smallest absolute Gasteiger partial charge is 0.0448 e. The molecule has 0 aliphatic carbocycles. The molecule has 1 N–H and O–H groups in total. The summed E-state index contributed by atoms with van der Waals surface area (Å²) >= 11 is 0. The molecule has 0 aliphatic rings. The topological polar surface area (TPSA) is 12.0 Å². The van der Waals surface area contributed by atoms with E-state index in [9.17, 15) is 0 Å². The molecule has 0 aromatic carbocycles. The van der Waals surface area contributed by atoms with Gasteiger partial charge >= 0.3 is 0 Å². The fourth-order valence-electron chi connectivity index (χ4n) is 2.55. The molecule has 0 amide bonds. The Morgan fingerprint density at radius 2 is 1.77 bits per heavy atom. The monoisotopic (exact) mass is 201 g/mol. The molecule has 0 saturated carbocycles. The minimum Gasteiger partial charge on any atom is -0.319 e. The molecule has 13 heavy (non-hydrogen) atoms. The van der Waals surface area contributed by atoms with Crippen LogP contribution >= 0.6 is 0 Å². The van der Waals surface area contributed by atoms with Crippen molar-refractivity contribution in [2.75, 3.05) is 13.6 Å². The van der Waals surface area contributed by atoms with Gasteiger partial charge < -0.3 is 5.32 Å². The lowest BCUT2D eigenvalue weighted by atomic mass is 9.88. The largest absolute Gasteiger partial charge is 0.319 e. The van der Waals surface area contributed by atoms with Crippen LogP contribution in [0.3, 0.4) is 0 Å². The van der Waals surface area contributed by atoms with Crippen molar-refractivity contribution in [2.45, 2.75) is 52.4 Å². The first-order valence-electron chi connectivity index (χ1n) is 5.47. The molecule has 0 heterocycles. The molecule has 0 radical (unpaired) electrons. The summed E-state index contributed by atoms with van der Waals surface area (Å²) in [7, 11) is 1.16. The van der Waals surface area contributed by atoms with E-state index in [-0.39, 0.29) is 0 Å². The van der Waals surface area contributed by atoms with Crippen molar-refractivity contribution in [3.8, 4) is 0 Å². The van der Waals surface area contributed by atoms with Crippen molar-refractivity contribution in [3.05, 3.63) is 0 Å². The average Bonchev–Trinajstić information content (AvgIpc) is 1.82. The van der Waals surface area contributed by atoms with Gasteiger partial charge in [-0.2, -0.15) is 0 Å². The Labute approximate surface area is 85.3 Å². The number of rotatable bonds is 6. The number of hydrogen-bond acceptors (Lipinski definition) is 1. The van der Waals surface area contributed by atoms with Crippen LogP contribution in [0.5, 0.6) is 0 Å². The van der Waals surface area contributed by atoms with Gasteiger partial charge in [-0.05, 0) is 25.4 Å². The zero-order valence-electron chi connectivity index (χ0n) is 10.3. The van der Waals surface area contributed by atoms with E-state index >= 15 is 0 Å². The quantitative estimate of drug-likeness (QED) is 0.650. The van der Waals surface area contributed by atoms with Crippen molar-refractivity contribution >= 4 is 8.07 Å². The molecule has 0 fully saturated rings. The minimum atomic E-state index is -0.907. The van der Waals surface area contributed by atoms with E-state index in [4.69, 9.17) is 0 Å². The Bertz CT molecular complexity index is 132. The minimum absolute atomic E-state index is 0.536. The van der Waals surface area contributed by atoms with E-state index in [1.807, 2.05) is 0 Å². The lowest BCUT2D eigenvalue weighted by Gasteiger charge is -2.34. The van der Waals surface area contributed by atoms with E-state index in [2.05, 4.69) is 45.9 Å². The third-order valence-corrected chi connectivity index (χ3v) is 4.33. The van der Waals surface area contributed by atoms with Crippen LogP contribution in [0, 0.1) is 5.41 Å². The zero-order valence-corrected chi connectivity index (χ0v) is 11.3. The van der Waals surface area contributed by atoms with Gasteiger partial charge in [0.2, 0.25) is 0 Å². The van der Waals surface area contributed by atoms with Crippen LogP contribution < -0.4 is 5.32 Å². The van der Waals surface area contributed by atoms with Gasteiger partial charge in [-0.1, -0.05) is 46.0 Å². The molecule has 0 saturated heterocycles. The van der Waals surface area contributed by atoms with Crippen LogP contribution in [0.25, 0.3) is 0 Å². The third kappa shape index (κ3) is 6.27.